The van der Waals surface area contributed by atoms with Gasteiger partial charge in [-0.25, -0.2) is 0 Å². The smallest absolute Gasteiger partial charge is 0.313 e. The second-order valence-electron chi connectivity index (χ2n) is 8.22. The van der Waals surface area contributed by atoms with Gasteiger partial charge in [0, 0.05) is 12.1 Å². The van der Waals surface area contributed by atoms with Gasteiger partial charge >= 0.3 is 5.97 Å². The van der Waals surface area contributed by atoms with Crippen LogP contribution in [-0.4, -0.2) is 22.2 Å². The lowest BCUT2D eigenvalue weighted by Crippen LogP contribution is -2.48. The zero-order valence-corrected chi connectivity index (χ0v) is 18.4. The molecule has 1 unspecified atom stereocenters. The van der Waals surface area contributed by atoms with Crippen LogP contribution in [0.15, 0.2) is 54.6 Å². The maximum absolute atomic E-state index is 12.7. The normalized spacial score (nSPS) is 13.4. The van der Waals surface area contributed by atoms with Crippen molar-refractivity contribution >= 4 is 29.0 Å². The lowest BCUT2D eigenvalue weighted by atomic mass is 9.97. The summed E-state index contributed by atoms with van der Waals surface area (Å²) in [5, 5.41) is 0.189. The molecule has 29 heavy (non-hydrogen) atoms. The van der Waals surface area contributed by atoms with Gasteiger partial charge in [0.05, 0.1) is 11.5 Å². The first-order chi connectivity index (χ1) is 13.6. The Bertz CT molecular complexity index is 816. The number of anilines is 1. The highest BCUT2D eigenvalue weighted by molar-refractivity contribution is 7.80. The number of hydrogen-bond acceptors (Lipinski definition) is 4. The van der Waals surface area contributed by atoms with Crippen LogP contribution in [0.4, 0.5) is 5.69 Å². The van der Waals surface area contributed by atoms with Gasteiger partial charge in [-0.15, -0.1) is 0 Å². The van der Waals surface area contributed by atoms with E-state index in [4.69, 9.17) is 28.4 Å². The molecule has 6 heteroatoms. The molecule has 0 aliphatic heterocycles. The number of carbonyl (C=O) groups excluding carboxylic acids is 1. The number of ether oxygens (including phenoxy) is 1. The Morgan fingerprint density at radius 2 is 1.69 bits per heavy atom. The van der Waals surface area contributed by atoms with Crippen molar-refractivity contribution in [1.29, 1.82) is 0 Å². The fourth-order valence-corrected chi connectivity index (χ4v) is 3.28. The highest BCUT2D eigenvalue weighted by Gasteiger charge is 2.32. The first-order valence-electron chi connectivity index (χ1n) is 9.78. The molecule has 0 saturated carbocycles. The number of hydrogen-bond donors (Lipinski definition) is 2. The molecule has 0 saturated heterocycles. The van der Waals surface area contributed by atoms with Crippen molar-refractivity contribution < 1.29 is 9.53 Å². The lowest BCUT2D eigenvalue weighted by molar-refractivity contribution is -0.167. The van der Waals surface area contributed by atoms with E-state index in [0.29, 0.717) is 12.1 Å². The topological polar surface area (TPSA) is 81.6 Å². The first-order valence-corrected chi connectivity index (χ1v) is 10.2. The Labute approximate surface area is 179 Å². The van der Waals surface area contributed by atoms with Crippen LogP contribution in [0.25, 0.3) is 0 Å². The van der Waals surface area contributed by atoms with E-state index < -0.39 is 11.6 Å². The highest BCUT2D eigenvalue weighted by atomic mass is 32.1. The molecule has 2 aromatic carbocycles. The summed E-state index contributed by atoms with van der Waals surface area (Å²) in [6, 6.07) is 17.4. The molecule has 0 amide bonds. The molecule has 156 valence electrons. The third-order valence-electron chi connectivity index (χ3n) is 4.78. The van der Waals surface area contributed by atoms with Gasteiger partial charge in [0.1, 0.15) is 0 Å². The monoisotopic (exact) mass is 413 g/mol. The van der Waals surface area contributed by atoms with Gasteiger partial charge in [0.25, 0.3) is 0 Å². The summed E-state index contributed by atoms with van der Waals surface area (Å²) >= 11 is 5.36. The summed E-state index contributed by atoms with van der Waals surface area (Å²) in [6.07, 6.45) is 0.728. The fraction of sp³-hybridized carbons (Fsp3) is 0.391. The maximum Gasteiger partial charge on any atom is 0.313 e. The van der Waals surface area contributed by atoms with Crippen molar-refractivity contribution in [3.8, 4) is 0 Å². The van der Waals surface area contributed by atoms with E-state index in [1.54, 1.807) is 4.90 Å². The summed E-state index contributed by atoms with van der Waals surface area (Å²) in [6.45, 7) is 7.49. The molecule has 4 N–H and O–H groups in total. The van der Waals surface area contributed by atoms with Crippen molar-refractivity contribution in [2.45, 2.75) is 52.8 Å². The van der Waals surface area contributed by atoms with Gasteiger partial charge in [-0.1, -0.05) is 42.5 Å². The number of esters is 1. The zero-order chi connectivity index (χ0) is 21.6. The summed E-state index contributed by atoms with van der Waals surface area (Å²) in [7, 11) is 0. The molecule has 0 aliphatic carbocycles. The first kappa shape index (κ1) is 22.7. The largest absolute Gasteiger partial charge is 0.441 e. The molecule has 5 nitrogen and oxygen atoms in total. The number of aryl methyl sites for hydroxylation is 1. The van der Waals surface area contributed by atoms with Crippen LogP contribution in [0.3, 0.4) is 0 Å². The lowest BCUT2D eigenvalue weighted by Gasteiger charge is -2.38. The van der Waals surface area contributed by atoms with Gasteiger partial charge in [0.15, 0.2) is 11.3 Å². The second kappa shape index (κ2) is 9.74. The minimum Gasteiger partial charge on any atom is -0.441 e. The number of thiocarbonyl (C=S) groups is 1. The molecule has 2 rings (SSSR count). The molecule has 0 aliphatic rings. The minimum atomic E-state index is -0.628. The predicted octanol–water partition coefficient (Wildman–Crippen LogP) is 4.42. The Kier molecular flexibility index (Phi) is 7.62. The summed E-state index contributed by atoms with van der Waals surface area (Å²) < 4.78 is 5.92. The van der Waals surface area contributed by atoms with Gasteiger partial charge in [-0.3, -0.25) is 4.79 Å². The van der Waals surface area contributed by atoms with Gasteiger partial charge < -0.3 is 21.1 Å². The van der Waals surface area contributed by atoms with Crippen LogP contribution in [-0.2, 0) is 16.0 Å². The number of rotatable bonds is 7. The third kappa shape index (κ3) is 6.46. The van der Waals surface area contributed by atoms with E-state index in [0.717, 1.165) is 17.5 Å². The molecular weight excluding hydrogens is 382 g/mol. The van der Waals surface area contributed by atoms with Crippen molar-refractivity contribution in [3.63, 3.8) is 0 Å². The number of nitrogens with two attached hydrogens (primary N) is 2. The maximum atomic E-state index is 12.7. The SMILES string of the molecule is C[C@@H](c1ccc(N)cc1)N(C(N)=S)C(CCc1ccccc1)OC(=O)C(C)(C)C. The van der Waals surface area contributed by atoms with E-state index in [1.165, 1.54) is 0 Å². The minimum absolute atomic E-state index is 0.179. The summed E-state index contributed by atoms with van der Waals surface area (Å²) in [5.74, 6) is -0.290. The van der Waals surface area contributed by atoms with Crippen molar-refractivity contribution in [3.05, 3.63) is 65.7 Å². The Morgan fingerprint density at radius 1 is 1.10 bits per heavy atom. The van der Waals surface area contributed by atoms with Crippen molar-refractivity contribution in [2.75, 3.05) is 5.73 Å². The van der Waals surface area contributed by atoms with Crippen molar-refractivity contribution in [1.82, 2.24) is 4.90 Å². The molecule has 0 heterocycles. The average molecular weight is 414 g/mol. The molecule has 0 bridgehead atoms. The van der Waals surface area contributed by atoms with Crippen LogP contribution in [0.2, 0.25) is 0 Å². The highest BCUT2D eigenvalue weighted by Crippen LogP contribution is 2.28. The summed E-state index contributed by atoms with van der Waals surface area (Å²) in [5.41, 5.74) is 14.1. The van der Waals surface area contributed by atoms with Gasteiger partial charge in [-0.05, 0) is 69.6 Å². The third-order valence-corrected chi connectivity index (χ3v) is 4.99. The Morgan fingerprint density at radius 3 is 2.21 bits per heavy atom. The molecule has 0 spiro atoms. The van der Waals surface area contributed by atoms with Crippen molar-refractivity contribution in [2.24, 2.45) is 11.1 Å². The Hall–Kier alpha value is -2.60. The quantitative estimate of drug-likeness (QED) is 0.303. The van der Waals surface area contributed by atoms with E-state index in [-0.39, 0.29) is 17.1 Å². The summed E-state index contributed by atoms with van der Waals surface area (Å²) in [4.78, 5) is 14.5. The van der Waals surface area contributed by atoms with Crippen LogP contribution in [0, 0.1) is 5.41 Å². The molecule has 0 fully saturated rings. The van der Waals surface area contributed by atoms with E-state index in [1.807, 2.05) is 70.2 Å². The fourth-order valence-electron chi connectivity index (χ4n) is 3.01. The number of carbonyl (C=O) groups is 1. The van der Waals surface area contributed by atoms with E-state index in [9.17, 15) is 4.79 Å². The van der Waals surface area contributed by atoms with Crippen LogP contribution >= 0.6 is 12.2 Å². The second-order valence-corrected chi connectivity index (χ2v) is 8.64. The number of nitrogen functional groups attached to an aromatic ring is 1. The average Bonchev–Trinajstić information content (AvgIpc) is 2.66. The molecule has 0 radical (unpaired) electrons. The number of nitrogens with zero attached hydrogens (tertiary/aromatic N) is 1. The Balaban J connectivity index is 2.31. The van der Waals surface area contributed by atoms with E-state index >= 15 is 0 Å². The predicted molar refractivity (Wildman–Crippen MR) is 122 cm³/mol. The standard InChI is InChI=1S/C23H31N3O2S/c1-16(18-11-13-19(24)14-12-18)26(22(25)29)20(28-21(27)23(2,3)4)15-10-17-8-6-5-7-9-17/h5-9,11-14,16,20H,10,15,24H2,1-4H3,(H2,25,29)/t16-,20?/m0/s1. The van der Waals surface area contributed by atoms with E-state index in [2.05, 4.69) is 12.1 Å². The van der Waals surface area contributed by atoms with Gasteiger partial charge in [-0.2, -0.15) is 0 Å². The molecular formula is C23H31N3O2S. The molecule has 0 aromatic heterocycles. The molecule has 2 aromatic rings. The van der Waals surface area contributed by atoms with Gasteiger partial charge in [0.2, 0.25) is 0 Å². The van der Waals surface area contributed by atoms with Crippen LogP contribution in [0.1, 0.15) is 51.3 Å². The molecule has 2 atom stereocenters. The number of benzene rings is 2. The van der Waals surface area contributed by atoms with Crippen LogP contribution in [0.5, 0.6) is 0 Å². The van der Waals surface area contributed by atoms with Crippen LogP contribution < -0.4 is 11.5 Å². The zero-order valence-electron chi connectivity index (χ0n) is 17.6.